The number of halogens is 2. The fourth-order valence-electron chi connectivity index (χ4n) is 3.17. The monoisotopic (exact) mass is 404 g/mol. The molecule has 1 aliphatic heterocycles. The van der Waals surface area contributed by atoms with Crippen LogP contribution in [-0.4, -0.2) is 61.5 Å². The topological polar surface area (TPSA) is 59.1 Å². The molecule has 3 rings (SSSR count). The van der Waals surface area contributed by atoms with E-state index in [0.29, 0.717) is 31.7 Å². The number of nitrogens with zero attached hydrogens (tertiary/aromatic N) is 2. The van der Waals surface area contributed by atoms with Crippen molar-refractivity contribution in [2.75, 3.05) is 33.3 Å². The Kier molecular flexibility index (Phi) is 6.31. The molecule has 2 amide bonds. The van der Waals surface area contributed by atoms with E-state index in [1.54, 1.807) is 21.9 Å². The van der Waals surface area contributed by atoms with Gasteiger partial charge in [0.25, 0.3) is 11.8 Å². The average molecular weight is 404 g/mol. The summed E-state index contributed by atoms with van der Waals surface area (Å²) in [6.07, 6.45) is 0. The highest BCUT2D eigenvalue weighted by molar-refractivity contribution is 5.96. The number of hydrogen-bond donors (Lipinski definition) is 0. The van der Waals surface area contributed by atoms with Crippen molar-refractivity contribution in [3.8, 4) is 11.5 Å². The predicted molar refractivity (Wildman–Crippen MR) is 103 cm³/mol. The molecule has 8 heteroatoms. The van der Waals surface area contributed by atoms with Crippen molar-refractivity contribution in [3.05, 3.63) is 59.2 Å². The van der Waals surface area contributed by atoms with Crippen molar-refractivity contribution in [3.63, 3.8) is 0 Å². The molecule has 1 fully saturated rings. The van der Waals surface area contributed by atoms with Crippen LogP contribution in [0, 0.1) is 6.92 Å². The average Bonchev–Trinajstić information content (AvgIpc) is 2.73. The molecule has 2 aromatic rings. The van der Waals surface area contributed by atoms with Gasteiger partial charge in [0.05, 0.1) is 7.11 Å². The molecule has 6 nitrogen and oxygen atoms in total. The van der Waals surface area contributed by atoms with Crippen molar-refractivity contribution in [2.24, 2.45) is 0 Å². The van der Waals surface area contributed by atoms with Gasteiger partial charge in [-0.15, -0.1) is 0 Å². The minimum absolute atomic E-state index is 0.0748. The number of piperazine rings is 1. The molecule has 1 aliphatic rings. The van der Waals surface area contributed by atoms with Crippen LogP contribution in [0.5, 0.6) is 11.5 Å². The zero-order valence-corrected chi connectivity index (χ0v) is 16.2. The van der Waals surface area contributed by atoms with E-state index in [9.17, 15) is 18.4 Å². The minimum Gasteiger partial charge on any atom is -0.493 e. The Labute approximate surface area is 167 Å². The summed E-state index contributed by atoms with van der Waals surface area (Å²) in [6.45, 7) is 0.436. The Hall–Kier alpha value is -3.16. The van der Waals surface area contributed by atoms with Crippen LogP contribution in [0.15, 0.2) is 42.5 Å². The molecule has 1 heterocycles. The van der Waals surface area contributed by atoms with Crippen molar-refractivity contribution < 1.29 is 27.8 Å². The minimum atomic E-state index is -3.02. The van der Waals surface area contributed by atoms with Crippen molar-refractivity contribution in [1.29, 1.82) is 0 Å². The number of rotatable bonds is 5. The summed E-state index contributed by atoms with van der Waals surface area (Å²) in [5.74, 6) is -0.458. The van der Waals surface area contributed by atoms with E-state index >= 15 is 0 Å². The quantitative estimate of drug-likeness (QED) is 0.768. The van der Waals surface area contributed by atoms with Crippen LogP contribution in [0.25, 0.3) is 0 Å². The summed E-state index contributed by atoms with van der Waals surface area (Å²) in [4.78, 5) is 28.6. The van der Waals surface area contributed by atoms with E-state index in [2.05, 4.69) is 4.74 Å². The summed E-state index contributed by atoms with van der Waals surface area (Å²) in [6, 6.07) is 11.5. The van der Waals surface area contributed by atoms with Gasteiger partial charge in [0.15, 0.2) is 11.5 Å². The molecule has 2 aromatic carbocycles. The highest BCUT2D eigenvalue weighted by Crippen LogP contribution is 2.30. The summed E-state index contributed by atoms with van der Waals surface area (Å²) < 4.78 is 34.6. The van der Waals surface area contributed by atoms with Crippen LogP contribution in [0.3, 0.4) is 0 Å². The first kappa shape index (κ1) is 20.6. The van der Waals surface area contributed by atoms with Gasteiger partial charge in [0, 0.05) is 37.3 Å². The van der Waals surface area contributed by atoms with Gasteiger partial charge in [0.1, 0.15) is 0 Å². The normalized spacial score (nSPS) is 14.1. The number of amides is 2. The molecule has 0 N–H and O–H groups in total. The van der Waals surface area contributed by atoms with Gasteiger partial charge in [-0.25, -0.2) is 0 Å². The lowest BCUT2D eigenvalue weighted by atomic mass is 10.1. The Morgan fingerprint density at radius 2 is 1.38 bits per heavy atom. The van der Waals surface area contributed by atoms with Crippen LogP contribution in [-0.2, 0) is 0 Å². The smallest absolute Gasteiger partial charge is 0.387 e. The number of hydrogen-bond acceptors (Lipinski definition) is 4. The highest BCUT2D eigenvalue weighted by atomic mass is 19.3. The third-order valence-corrected chi connectivity index (χ3v) is 4.78. The summed E-state index contributed by atoms with van der Waals surface area (Å²) >= 11 is 0. The lowest BCUT2D eigenvalue weighted by Crippen LogP contribution is -2.50. The van der Waals surface area contributed by atoms with E-state index < -0.39 is 6.61 Å². The molecule has 0 saturated carbocycles. The largest absolute Gasteiger partial charge is 0.493 e. The lowest BCUT2D eigenvalue weighted by Gasteiger charge is -2.35. The lowest BCUT2D eigenvalue weighted by molar-refractivity contribution is -0.0512. The number of ether oxygens (including phenoxy) is 2. The molecule has 29 heavy (non-hydrogen) atoms. The molecule has 0 aliphatic carbocycles. The second-order valence-electron chi connectivity index (χ2n) is 6.69. The van der Waals surface area contributed by atoms with Crippen LogP contribution in [0.2, 0.25) is 0 Å². The van der Waals surface area contributed by atoms with Gasteiger partial charge in [0.2, 0.25) is 0 Å². The maximum absolute atomic E-state index is 12.8. The van der Waals surface area contributed by atoms with Gasteiger partial charge in [-0.1, -0.05) is 17.7 Å². The molecule has 0 spiro atoms. The maximum Gasteiger partial charge on any atom is 0.387 e. The molecule has 0 aromatic heterocycles. The molecule has 154 valence electrons. The van der Waals surface area contributed by atoms with E-state index in [0.717, 1.165) is 5.56 Å². The van der Waals surface area contributed by atoms with Crippen LogP contribution >= 0.6 is 0 Å². The van der Waals surface area contributed by atoms with Gasteiger partial charge < -0.3 is 19.3 Å². The van der Waals surface area contributed by atoms with E-state index in [-0.39, 0.29) is 28.9 Å². The van der Waals surface area contributed by atoms with E-state index in [1.165, 1.54) is 25.3 Å². The third kappa shape index (κ3) is 4.82. The highest BCUT2D eigenvalue weighted by Gasteiger charge is 2.26. The zero-order chi connectivity index (χ0) is 21.0. The van der Waals surface area contributed by atoms with Crippen LogP contribution in [0.1, 0.15) is 26.3 Å². The third-order valence-electron chi connectivity index (χ3n) is 4.78. The molecule has 0 radical (unpaired) electrons. The summed E-state index contributed by atoms with van der Waals surface area (Å²) in [7, 11) is 1.33. The van der Waals surface area contributed by atoms with Crippen molar-refractivity contribution in [1.82, 2.24) is 9.80 Å². The second kappa shape index (κ2) is 8.89. The number of benzene rings is 2. The first-order valence-electron chi connectivity index (χ1n) is 9.17. The standard InChI is InChI=1S/C21H22F2N2O4/c1-14-3-5-15(6-4-14)19(26)24-9-11-25(12-10-24)20(27)16-7-8-17(28-2)18(13-16)29-21(22)23/h3-8,13,21H,9-12H2,1-2H3. The molecule has 0 atom stereocenters. The fraction of sp³-hybridized carbons (Fsp3) is 0.333. The maximum atomic E-state index is 12.8. The molecule has 0 bridgehead atoms. The SMILES string of the molecule is COc1ccc(C(=O)N2CCN(C(=O)c3ccc(C)cc3)CC2)cc1OC(F)F. The molecular formula is C21H22F2N2O4. The first-order chi connectivity index (χ1) is 13.9. The number of aryl methyl sites for hydroxylation is 1. The van der Waals surface area contributed by atoms with Gasteiger partial charge >= 0.3 is 6.61 Å². The van der Waals surface area contributed by atoms with E-state index in [4.69, 9.17) is 4.74 Å². The predicted octanol–water partition coefficient (Wildman–Crippen LogP) is 3.20. The van der Waals surface area contributed by atoms with Crippen LogP contribution in [0.4, 0.5) is 8.78 Å². The molecular weight excluding hydrogens is 382 g/mol. The van der Waals surface area contributed by atoms with Gasteiger partial charge in [-0.3, -0.25) is 9.59 Å². The number of methoxy groups -OCH3 is 1. The van der Waals surface area contributed by atoms with Gasteiger partial charge in [-0.05, 0) is 37.3 Å². The van der Waals surface area contributed by atoms with Crippen molar-refractivity contribution in [2.45, 2.75) is 13.5 Å². The van der Waals surface area contributed by atoms with E-state index in [1.807, 2.05) is 19.1 Å². The zero-order valence-electron chi connectivity index (χ0n) is 16.2. The Morgan fingerprint density at radius 3 is 1.90 bits per heavy atom. The molecule has 1 saturated heterocycles. The fourth-order valence-corrected chi connectivity index (χ4v) is 3.17. The Bertz CT molecular complexity index is 879. The number of carbonyl (C=O) groups is 2. The van der Waals surface area contributed by atoms with Crippen molar-refractivity contribution >= 4 is 11.8 Å². The molecule has 0 unspecified atom stereocenters. The Balaban J connectivity index is 1.65. The number of alkyl halides is 2. The summed E-state index contributed by atoms with van der Waals surface area (Å²) in [5.41, 5.74) is 1.91. The second-order valence-corrected chi connectivity index (χ2v) is 6.69. The first-order valence-corrected chi connectivity index (χ1v) is 9.17. The van der Waals surface area contributed by atoms with Crippen LogP contribution < -0.4 is 9.47 Å². The number of carbonyl (C=O) groups excluding carboxylic acids is 2. The summed E-state index contributed by atoms with van der Waals surface area (Å²) in [5, 5.41) is 0. The Morgan fingerprint density at radius 1 is 0.862 bits per heavy atom. The van der Waals surface area contributed by atoms with Gasteiger partial charge in [-0.2, -0.15) is 8.78 Å².